The molecule has 4 aromatic heterocycles. The Hall–Kier alpha value is -3.79. The molecule has 0 bridgehead atoms. The Bertz CT molecular complexity index is 1960. The van der Waals surface area contributed by atoms with Crippen LogP contribution in [0.2, 0.25) is 0 Å². The standard InChI is InChI=1S/C18H16N2O.C16H12N2O.C2H5I/c1-3-21-18(2)14-10-19-9-8-12(14)17-13-6-4-5-7-16(13)20-11-15(17)18;1-16(19)12-8-17-7-6-10(12)15-11-4-2-3-5-14(11)18-9-13(15)16;1-2-3/h4-11H,3H2,1-2H3;2-9,19H,1H3;2H2,1H3. The Labute approximate surface area is 265 Å². The molecule has 2 unspecified atom stereocenters. The number of hydrogen-bond donors (Lipinski definition) is 1. The summed E-state index contributed by atoms with van der Waals surface area (Å²) in [4.78, 5) is 17.5. The molecule has 216 valence electrons. The number of benzene rings is 2. The maximum absolute atomic E-state index is 10.8. The highest BCUT2D eigenvalue weighted by atomic mass is 127. The molecule has 6 nitrogen and oxygen atoms in total. The van der Waals surface area contributed by atoms with Crippen molar-refractivity contribution in [3.05, 3.63) is 120 Å². The summed E-state index contributed by atoms with van der Waals surface area (Å²) in [6, 6.07) is 20.3. The van der Waals surface area contributed by atoms with Gasteiger partial charge >= 0.3 is 0 Å². The van der Waals surface area contributed by atoms with E-state index in [9.17, 15) is 5.11 Å². The predicted molar refractivity (Wildman–Crippen MR) is 181 cm³/mol. The van der Waals surface area contributed by atoms with Crippen LogP contribution in [0, 0.1) is 0 Å². The van der Waals surface area contributed by atoms with E-state index in [0.29, 0.717) is 6.61 Å². The monoisotopic (exact) mass is 680 g/mol. The molecule has 0 amide bonds. The van der Waals surface area contributed by atoms with Crippen molar-refractivity contribution >= 4 is 44.4 Å². The lowest BCUT2D eigenvalue weighted by Crippen LogP contribution is -2.25. The highest BCUT2D eigenvalue weighted by Crippen LogP contribution is 2.51. The van der Waals surface area contributed by atoms with Gasteiger partial charge in [0, 0.05) is 76.8 Å². The molecule has 0 saturated carbocycles. The van der Waals surface area contributed by atoms with Crippen molar-refractivity contribution in [2.45, 2.75) is 38.9 Å². The number of ether oxygens (including phenoxy) is 1. The summed E-state index contributed by atoms with van der Waals surface area (Å²) in [6.45, 7) is 8.69. The van der Waals surface area contributed by atoms with Gasteiger partial charge in [0.05, 0.1) is 11.0 Å². The van der Waals surface area contributed by atoms with Gasteiger partial charge in [-0.1, -0.05) is 65.9 Å². The molecule has 0 saturated heterocycles. The number of nitrogens with zero attached hydrogens (tertiary/aromatic N) is 4. The van der Waals surface area contributed by atoms with Gasteiger partial charge in [-0.15, -0.1) is 0 Å². The Morgan fingerprint density at radius 3 is 1.74 bits per heavy atom. The largest absolute Gasteiger partial charge is 0.381 e. The fourth-order valence-corrected chi connectivity index (χ4v) is 6.32. The molecule has 1 N–H and O–H groups in total. The molecule has 0 fully saturated rings. The maximum Gasteiger partial charge on any atom is 0.119 e. The number of halogens is 1. The van der Waals surface area contributed by atoms with Crippen LogP contribution in [0.4, 0.5) is 0 Å². The first kappa shape index (κ1) is 29.3. The van der Waals surface area contributed by atoms with Crippen LogP contribution < -0.4 is 0 Å². The molecule has 2 aliphatic rings. The molecule has 6 aromatic rings. The lowest BCUT2D eigenvalue weighted by atomic mass is 9.95. The number of alkyl halides is 1. The van der Waals surface area contributed by atoms with Crippen molar-refractivity contribution in [2.24, 2.45) is 0 Å². The van der Waals surface area contributed by atoms with E-state index < -0.39 is 11.2 Å². The number of rotatable bonds is 2. The fourth-order valence-electron chi connectivity index (χ4n) is 6.32. The van der Waals surface area contributed by atoms with Gasteiger partial charge in [0.1, 0.15) is 11.2 Å². The lowest BCUT2D eigenvalue weighted by molar-refractivity contribution is 0.00715. The van der Waals surface area contributed by atoms with Gasteiger partial charge in [-0.25, -0.2) is 0 Å². The zero-order valence-corrected chi connectivity index (χ0v) is 26.8. The first-order valence-electron chi connectivity index (χ1n) is 14.4. The van der Waals surface area contributed by atoms with E-state index in [4.69, 9.17) is 4.74 Å². The zero-order chi connectivity index (χ0) is 30.2. The summed E-state index contributed by atoms with van der Waals surface area (Å²) in [7, 11) is 0. The minimum atomic E-state index is -1.02. The molecule has 8 rings (SSSR count). The molecule has 2 aromatic carbocycles. The molecule has 0 radical (unpaired) electrons. The van der Waals surface area contributed by atoms with E-state index in [1.807, 2.05) is 68.0 Å². The quantitative estimate of drug-likeness (QED) is 0.147. The van der Waals surface area contributed by atoms with Gasteiger partial charge in [0.2, 0.25) is 0 Å². The van der Waals surface area contributed by atoms with Crippen molar-refractivity contribution < 1.29 is 9.84 Å². The molecule has 4 heterocycles. The van der Waals surface area contributed by atoms with E-state index >= 15 is 0 Å². The Balaban J connectivity index is 0.000000141. The van der Waals surface area contributed by atoms with Crippen LogP contribution in [-0.4, -0.2) is 36.1 Å². The Kier molecular flexibility index (Phi) is 7.98. The second-order valence-corrected chi connectivity index (χ2v) is 12.3. The number of fused-ring (bicyclic) bond motifs is 10. The molecule has 0 spiro atoms. The number of aliphatic hydroxyl groups is 1. The lowest BCUT2D eigenvalue weighted by Gasteiger charge is -2.26. The van der Waals surface area contributed by atoms with Crippen molar-refractivity contribution in [3.8, 4) is 22.3 Å². The van der Waals surface area contributed by atoms with Crippen molar-refractivity contribution in [1.29, 1.82) is 0 Å². The highest BCUT2D eigenvalue weighted by Gasteiger charge is 2.42. The second-order valence-electron chi connectivity index (χ2n) is 10.8. The van der Waals surface area contributed by atoms with Gasteiger partial charge in [-0.05, 0) is 71.7 Å². The average Bonchev–Trinajstić information content (AvgIpc) is 3.43. The predicted octanol–water partition coefficient (Wildman–Crippen LogP) is 8.22. The van der Waals surface area contributed by atoms with Gasteiger partial charge in [0.15, 0.2) is 0 Å². The topological polar surface area (TPSA) is 81.0 Å². The van der Waals surface area contributed by atoms with Gasteiger partial charge in [-0.2, -0.15) is 0 Å². The van der Waals surface area contributed by atoms with E-state index in [2.05, 4.69) is 74.6 Å². The third kappa shape index (κ3) is 4.80. The molecule has 2 atom stereocenters. The van der Waals surface area contributed by atoms with Crippen LogP contribution >= 0.6 is 22.6 Å². The third-order valence-electron chi connectivity index (χ3n) is 8.24. The maximum atomic E-state index is 10.8. The van der Waals surface area contributed by atoms with Gasteiger partial charge in [0.25, 0.3) is 0 Å². The number of pyridine rings is 4. The molecule has 0 aliphatic heterocycles. The molecular formula is C36H33IN4O2. The summed E-state index contributed by atoms with van der Waals surface area (Å²) in [5, 5.41) is 13.0. The molecular weight excluding hydrogens is 647 g/mol. The van der Waals surface area contributed by atoms with Crippen LogP contribution in [0.1, 0.15) is 49.9 Å². The molecule has 43 heavy (non-hydrogen) atoms. The highest BCUT2D eigenvalue weighted by molar-refractivity contribution is 14.1. The summed E-state index contributed by atoms with van der Waals surface area (Å²) in [6.07, 6.45) is 11.0. The minimum absolute atomic E-state index is 0.468. The number of aromatic nitrogens is 4. The van der Waals surface area contributed by atoms with E-state index in [0.717, 1.165) is 49.8 Å². The van der Waals surface area contributed by atoms with Crippen LogP contribution in [0.3, 0.4) is 0 Å². The van der Waals surface area contributed by atoms with Crippen LogP contribution in [0.5, 0.6) is 0 Å². The summed E-state index contributed by atoms with van der Waals surface area (Å²) >= 11 is 2.29. The van der Waals surface area contributed by atoms with Crippen molar-refractivity contribution in [1.82, 2.24) is 19.9 Å². The summed E-state index contributed by atoms with van der Waals surface area (Å²) < 4.78 is 7.33. The van der Waals surface area contributed by atoms with Gasteiger partial charge < -0.3 is 9.84 Å². The SMILES string of the molecule is CC1(O)c2cnccc2-c2c1cnc1ccccc21.CCI.CCOC1(C)c2cnccc2-c2c1cnc1ccccc21. The smallest absolute Gasteiger partial charge is 0.119 e. The normalized spacial score (nSPS) is 18.9. The Morgan fingerprint density at radius 2 is 1.16 bits per heavy atom. The summed E-state index contributed by atoms with van der Waals surface area (Å²) in [5.74, 6) is 0. The Morgan fingerprint density at radius 1 is 0.674 bits per heavy atom. The minimum Gasteiger partial charge on any atom is -0.381 e. The van der Waals surface area contributed by atoms with Crippen LogP contribution in [-0.2, 0) is 15.9 Å². The zero-order valence-electron chi connectivity index (χ0n) is 24.7. The van der Waals surface area contributed by atoms with Crippen LogP contribution in [0.15, 0.2) is 97.8 Å². The average molecular weight is 681 g/mol. The third-order valence-corrected chi connectivity index (χ3v) is 8.24. The van der Waals surface area contributed by atoms with Crippen molar-refractivity contribution in [3.63, 3.8) is 0 Å². The van der Waals surface area contributed by atoms with Crippen molar-refractivity contribution in [2.75, 3.05) is 11.0 Å². The first-order valence-corrected chi connectivity index (χ1v) is 16.0. The van der Waals surface area contributed by atoms with Gasteiger partial charge in [-0.3, -0.25) is 19.9 Å². The van der Waals surface area contributed by atoms with Crippen LogP contribution in [0.25, 0.3) is 44.1 Å². The van der Waals surface area contributed by atoms with E-state index in [1.54, 1.807) is 25.5 Å². The molecule has 7 heteroatoms. The molecule has 2 aliphatic carbocycles. The summed E-state index contributed by atoms with van der Waals surface area (Å²) in [5.41, 5.74) is 9.00. The van der Waals surface area contributed by atoms with E-state index in [-0.39, 0.29) is 0 Å². The second kappa shape index (κ2) is 11.7. The number of hydrogen-bond acceptors (Lipinski definition) is 6. The first-order chi connectivity index (χ1) is 20.9. The number of para-hydroxylation sites is 2. The fraction of sp³-hybridized carbons (Fsp3) is 0.222. The van der Waals surface area contributed by atoms with E-state index in [1.165, 1.54) is 20.9 Å².